The van der Waals surface area contributed by atoms with Crippen molar-refractivity contribution in [3.05, 3.63) is 71.8 Å². The van der Waals surface area contributed by atoms with E-state index in [1.54, 1.807) is 0 Å². The zero-order valence-electron chi connectivity index (χ0n) is 19.2. The second-order valence-electron chi connectivity index (χ2n) is 9.07. The van der Waals surface area contributed by atoms with Gasteiger partial charge in [0.25, 0.3) is 0 Å². The molecule has 0 spiro atoms. The van der Waals surface area contributed by atoms with Gasteiger partial charge < -0.3 is 16.4 Å². The minimum atomic E-state index is -0.246. The van der Waals surface area contributed by atoms with E-state index in [2.05, 4.69) is 56.8 Å². The van der Waals surface area contributed by atoms with Gasteiger partial charge in [-0.15, -0.1) is 0 Å². The predicted octanol–water partition coefficient (Wildman–Crippen LogP) is 0.790. The number of amides is 1. The molecule has 0 aliphatic carbocycles. The summed E-state index contributed by atoms with van der Waals surface area (Å²) in [5, 5.41) is 6.25. The van der Waals surface area contributed by atoms with Crippen molar-refractivity contribution in [2.45, 2.75) is 37.5 Å². The lowest BCUT2D eigenvalue weighted by atomic mass is 9.94. The highest BCUT2D eigenvalue weighted by Crippen LogP contribution is 2.19. The third-order valence-electron chi connectivity index (χ3n) is 6.72. The molecule has 2 aromatic carbocycles. The molecule has 33 heavy (non-hydrogen) atoms. The smallest absolute Gasteiger partial charge is 0.233 e. The fourth-order valence-corrected chi connectivity index (χ4v) is 4.90. The molecule has 7 nitrogen and oxygen atoms in total. The summed E-state index contributed by atoms with van der Waals surface area (Å²) in [5.41, 5.74) is 7.92. The summed E-state index contributed by atoms with van der Waals surface area (Å²) >= 11 is 0. The van der Waals surface area contributed by atoms with Gasteiger partial charge in [-0.25, -0.2) is 0 Å². The van der Waals surface area contributed by atoms with Crippen LogP contribution in [0.15, 0.2) is 60.7 Å². The number of nitrogens with two attached hydrogens (primary N) is 1. The van der Waals surface area contributed by atoms with Crippen molar-refractivity contribution in [2.24, 2.45) is 5.73 Å². The summed E-state index contributed by atoms with van der Waals surface area (Å²) in [6.07, 6.45) is 1.32. The summed E-state index contributed by atoms with van der Waals surface area (Å²) in [7, 11) is 0. The monoisotopic (exact) mass is 449 g/mol. The highest BCUT2D eigenvalue weighted by molar-refractivity contribution is 5.90. The van der Waals surface area contributed by atoms with E-state index in [0.717, 1.165) is 32.7 Å². The van der Waals surface area contributed by atoms with E-state index in [0.29, 0.717) is 19.4 Å². The van der Waals surface area contributed by atoms with Crippen LogP contribution in [0, 0.1) is 0 Å². The summed E-state index contributed by atoms with van der Waals surface area (Å²) in [6, 6.07) is 20.3. The van der Waals surface area contributed by atoms with Crippen LogP contribution in [-0.2, 0) is 22.6 Å². The van der Waals surface area contributed by atoms with E-state index in [-0.39, 0.29) is 36.4 Å². The van der Waals surface area contributed by atoms with Gasteiger partial charge >= 0.3 is 0 Å². The summed E-state index contributed by atoms with van der Waals surface area (Å²) in [6.45, 7) is 5.15. The van der Waals surface area contributed by atoms with Gasteiger partial charge in [-0.05, 0) is 24.0 Å². The fourth-order valence-electron chi connectivity index (χ4n) is 4.90. The third-order valence-corrected chi connectivity index (χ3v) is 6.72. The Morgan fingerprint density at radius 3 is 2.24 bits per heavy atom. The van der Waals surface area contributed by atoms with Crippen molar-refractivity contribution in [1.82, 2.24) is 20.4 Å². The first-order valence-corrected chi connectivity index (χ1v) is 11.9. The molecule has 3 atom stereocenters. The summed E-state index contributed by atoms with van der Waals surface area (Å²) in [4.78, 5) is 30.1. The summed E-state index contributed by atoms with van der Waals surface area (Å²) in [5.74, 6) is 0.0464. The zero-order chi connectivity index (χ0) is 23.0. The van der Waals surface area contributed by atoms with Gasteiger partial charge in [0, 0.05) is 45.3 Å². The molecule has 2 aliphatic rings. The molecule has 2 saturated heterocycles. The van der Waals surface area contributed by atoms with Crippen molar-refractivity contribution >= 4 is 11.7 Å². The Kier molecular flexibility index (Phi) is 8.23. The molecule has 2 aliphatic heterocycles. The van der Waals surface area contributed by atoms with Crippen LogP contribution in [0.2, 0.25) is 0 Å². The Morgan fingerprint density at radius 2 is 1.61 bits per heavy atom. The second kappa shape index (κ2) is 11.5. The largest absolute Gasteiger partial charge is 0.351 e. The highest BCUT2D eigenvalue weighted by Gasteiger charge is 2.37. The van der Waals surface area contributed by atoms with Crippen molar-refractivity contribution in [3.8, 4) is 0 Å². The Morgan fingerprint density at radius 1 is 0.970 bits per heavy atom. The van der Waals surface area contributed by atoms with E-state index in [9.17, 15) is 9.59 Å². The average molecular weight is 450 g/mol. The number of carbonyl (C=O) groups is 2. The molecule has 2 aromatic rings. The normalized spacial score (nSPS) is 22.7. The number of hydrogen-bond acceptors (Lipinski definition) is 6. The Balaban J connectivity index is 1.40. The Bertz CT molecular complexity index is 899. The first kappa shape index (κ1) is 23.6. The van der Waals surface area contributed by atoms with Crippen molar-refractivity contribution in [1.29, 1.82) is 0 Å². The number of Topliss-reactive ketones (excluding diaryl/α,β-unsaturated/α-hetero) is 1. The quantitative estimate of drug-likeness (QED) is 0.525. The van der Waals surface area contributed by atoms with Crippen molar-refractivity contribution in [3.63, 3.8) is 0 Å². The maximum Gasteiger partial charge on any atom is 0.233 e. The van der Waals surface area contributed by atoms with Crippen LogP contribution in [0.3, 0.4) is 0 Å². The SMILES string of the molecule is NCC(=O)N[C@@H]1CN[C@@H](C(=O)C(Cc2ccccc2)N2CCN(Cc3ccccc3)CC2)C1. The van der Waals surface area contributed by atoms with Crippen molar-refractivity contribution in [2.75, 3.05) is 39.3 Å². The maximum absolute atomic E-state index is 13.7. The van der Waals surface area contributed by atoms with E-state index in [1.165, 1.54) is 11.1 Å². The van der Waals surface area contributed by atoms with Gasteiger partial charge in [-0.2, -0.15) is 0 Å². The lowest BCUT2D eigenvalue weighted by Crippen LogP contribution is -2.55. The average Bonchev–Trinajstić information content (AvgIpc) is 3.32. The predicted molar refractivity (Wildman–Crippen MR) is 130 cm³/mol. The number of benzene rings is 2. The molecule has 1 unspecified atom stereocenters. The number of ketones is 1. The number of rotatable bonds is 9. The molecule has 176 valence electrons. The third kappa shape index (κ3) is 6.48. The molecule has 2 heterocycles. The topological polar surface area (TPSA) is 90.7 Å². The molecule has 4 rings (SSSR count). The Labute approximate surface area is 196 Å². The maximum atomic E-state index is 13.7. The standard InChI is InChI=1S/C26H35N5O2/c27-17-25(32)29-22-16-23(28-18-22)26(33)24(15-20-7-3-1-4-8-20)31-13-11-30(12-14-31)19-21-9-5-2-6-10-21/h1-10,22-24,28H,11-19,27H2,(H,29,32)/t22-,23+,24?/m0/s1. The van der Waals surface area contributed by atoms with Crippen LogP contribution >= 0.6 is 0 Å². The van der Waals surface area contributed by atoms with Crippen LogP contribution in [0.1, 0.15) is 17.5 Å². The molecule has 7 heteroatoms. The van der Waals surface area contributed by atoms with Gasteiger partial charge in [-0.1, -0.05) is 60.7 Å². The molecule has 0 saturated carbocycles. The number of hydrogen-bond donors (Lipinski definition) is 3. The van der Waals surface area contributed by atoms with Crippen LogP contribution in [-0.4, -0.2) is 78.9 Å². The van der Waals surface area contributed by atoms with Gasteiger partial charge in [-0.3, -0.25) is 19.4 Å². The van der Waals surface area contributed by atoms with Crippen molar-refractivity contribution < 1.29 is 9.59 Å². The molecule has 1 amide bonds. The fraction of sp³-hybridized carbons (Fsp3) is 0.462. The molecular formula is C26H35N5O2. The number of nitrogens with zero attached hydrogens (tertiary/aromatic N) is 2. The van der Waals surface area contributed by atoms with Crippen LogP contribution < -0.4 is 16.4 Å². The van der Waals surface area contributed by atoms with Gasteiger partial charge in [0.05, 0.1) is 18.6 Å². The second-order valence-corrected chi connectivity index (χ2v) is 9.07. The highest BCUT2D eigenvalue weighted by atomic mass is 16.2. The lowest BCUT2D eigenvalue weighted by Gasteiger charge is -2.39. The van der Waals surface area contributed by atoms with E-state index in [1.807, 2.05) is 24.3 Å². The van der Waals surface area contributed by atoms with E-state index < -0.39 is 0 Å². The molecule has 0 radical (unpaired) electrons. The molecule has 2 fully saturated rings. The van der Waals surface area contributed by atoms with Crippen LogP contribution in [0.5, 0.6) is 0 Å². The summed E-state index contributed by atoms with van der Waals surface area (Å²) < 4.78 is 0. The van der Waals surface area contributed by atoms with E-state index in [4.69, 9.17) is 5.73 Å². The van der Waals surface area contributed by atoms with Gasteiger partial charge in [0.2, 0.25) is 5.91 Å². The minimum Gasteiger partial charge on any atom is -0.351 e. The molecule has 0 aromatic heterocycles. The molecular weight excluding hydrogens is 414 g/mol. The number of carbonyl (C=O) groups excluding carboxylic acids is 2. The lowest BCUT2D eigenvalue weighted by molar-refractivity contribution is -0.127. The Hall–Kier alpha value is -2.58. The molecule has 4 N–H and O–H groups in total. The van der Waals surface area contributed by atoms with E-state index >= 15 is 0 Å². The van der Waals surface area contributed by atoms with Gasteiger partial charge in [0.1, 0.15) is 0 Å². The zero-order valence-corrected chi connectivity index (χ0v) is 19.2. The first-order valence-electron chi connectivity index (χ1n) is 11.9. The van der Waals surface area contributed by atoms with Crippen LogP contribution in [0.4, 0.5) is 0 Å². The number of nitrogens with one attached hydrogen (secondary N) is 2. The van der Waals surface area contributed by atoms with Gasteiger partial charge in [0.15, 0.2) is 5.78 Å². The number of piperazine rings is 1. The minimum absolute atomic E-state index is 0.0288. The van der Waals surface area contributed by atoms with Crippen LogP contribution in [0.25, 0.3) is 0 Å². The first-order chi connectivity index (χ1) is 16.1. The molecule has 0 bridgehead atoms.